The minimum absolute atomic E-state index is 0.0323. The van der Waals surface area contributed by atoms with Crippen molar-refractivity contribution in [1.82, 2.24) is 30.7 Å². The van der Waals surface area contributed by atoms with Gasteiger partial charge in [0.2, 0.25) is 11.6 Å². The molecule has 5 aromatic rings. The monoisotopic (exact) mass is 444 g/mol. The lowest BCUT2D eigenvalue weighted by molar-refractivity contribution is 0.0950. The van der Waals surface area contributed by atoms with Gasteiger partial charge in [0.25, 0.3) is 5.91 Å². The average Bonchev–Trinajstić information content (AvgIpc) is 3.57. The van der Waals surface area contributed by atoms with Crippen molar-refractivity contribution >= 4 is 39.5 Å². The number of fused-ring (bicyclic) bond motifs is 1. The van der Waals surface area contributed by atoms with Crippen molar-refractivity contribution in [1.29, 1.82) is 0 Å². The molecule has 10 nitrogen and oxygen atoms in total. The van der Waals surface area contributed by atoms with E-state index >= 15 is 0 Å². The molecule has 0 radical (unpaired) electrons. The SMILES string of the molecule is C/C(=N/NC(=O)c1nnn(-c2nonc2N)c1-c1cccs1)c1ccc2ccccc2c1. The first-order valence-corrected chi connectivity index (χ1v) is 10.4. The van der Waals surface area contributed by atoms with E-state index in [9.17, 15) is 4.79 Å². The quantitative estimate of drug-likeness (QED) is 0.313. The van der Waals surface area contributed by atoms with Crippen molar-refractivity contribution in [2.24, 2.45) is 5.10 Å². The van der Waals surface area contributed by atoms with E-state index < -0.39 is 5.91 Å². The number of hydrazone groups is 1. The van der Waals surface area contributed by atoms with Crippen LogP contribution >= 0.6 is 11.3 Å². The van der Waals surface area contributed by atoms with Gasteiger partial charge >= 0.3 is 0 Å². The number of nitrogens with one attached hydrogen (secondary N) is 1. The van der Waals surface area contributed by atoms with Gasteiger partial charge in [-0.05, 0) is 51.1 Å². The zero-order valence-corrected chi connectivity index (χ0v) is 17.6. The van der Waals surface area contributed by atoms with Gasteiger partial charge < -0.3 is 5.73 Å². The van der Waals surface area contributed by atoms with E-state index in [1.165, 1.54) is 16.0 Å². The van der Waals surface area contributed by atoms with Crippen molar-refractivity contribution in [3.8, 4) is 16.4 Å². The summed E-state index contributed by atoms with van der Waals surface area (Å²) in [6, 6.07) is 17.7. The van der Waals surface area contributed by atoms with E-state index in [0.29, 0.717) is 11.4 Å². The summed E-state index contributed by atoms with van der Waals surface area (Å²) < 4.78 is 5.99. The smallest absolute Gasteiger partial charge is 0.294 e. The second kappa shape index (κ2) is 8.04. The summed E-state index contributed by atoms with van der Waals surface area (Å²) in [4.78, 5) is 13.7. The Balaban J connectivity index is 1.46. The molecule has 0 aliphatic heterocycles. The third kappa shape index (κ3) is 3.50. The number of nitrogens with zero attached hydrogens (tertiary/aromatic N) is 6. The molecule has 11 heteroatoms. The fourth-order valence-electron chi connectivity index (χ4n) is 3.22. The molecule has 0 unspecified atom stereocenters. The van der Waals surface area contributed by atoms with Crippen molar-refractivity contribution in [3.63, 3.8) is 0 Å². The van der Waals surface area contributed by atoms with Gasteiger partial charge in [-0.2, -0.15) is 9.78 Å². The second-order valence-corrected chi connectivity index (χ2v) is 7.80. The van der Waals surface area contributed by atoms with Crippen molar-refractivity contribution in [3.05, 3.63) is 71.2 Å². The van der Waals surface area contributed by atoms with Gasteiger partial charge in [0.05, 0.1) is 10.6 Å². The molecule has 158 valence electrons. The molecule has 0 atom stereocenters. The summed E-state index contributed by atoms with van der Waals surface area (Å²) in [5.74, 6) is -0.338. The molecule has 2 aromatic carbocycles. The number of hydrogen-bond acceptors (Lipinski definition) is 9. The Bertz CT molecular complexity index is 1450. The molecular formula is C21H16N8O2S. The molecule has 0 spiro atoms. The highest BCUT2D eigenvalue weighted by molar-refractivity contribution is 7.13. The van der Waals surface area contributed by atoms with Crippen molar-refractivity contribution in [2.45, 2.75) is 6.92 Å². The van der Waals surface area contributed by atoms with E-state index in [1.54, 1.807) is 0 Å². The third-order valence-electron chi connectivity index (χ3n) is 4.83. The van der Waals surface area contributed by atoms with E-state index in [2.05, 4.69) is 35.8 Å². The van der Waals surface area contributed by atoms with Gasteiger partial charge in [-0.15, -0.1) is 16.4 Å². The van der Waals surface area contributed by atoms with Gasteiger partial charge in [0, 0.05) is 0 Å². The summed E-state index contributed by atoms with van der Waals surface area (Å²) in [7, 11) is 0. The molecule has 3 heterocycles. The van der Waals surface area contributed by atoms with Crippen LogP contribution in [0.15, 0.2) is 69.7 Å². The number of benzene rings is 2. The summed E-state index contributed by atoms with van der Waals surface area (Å²) in [5, 5.41) is 23.8. The van der Waals surface area contributed by atoms with Crippen LogP contribution in [-0.4, -0.2) is 36.9 Å². The van der Waals surface area contributed by atoms with Gasteiger partial charge in [0.15, 0.2) is 5.69 Å². The molecule has 3 aromatic heterocycles. The van der Waals surface area contributed by atoms with Crippen LogP contribution in [0.25, 0.3) is 27.2 Å². The van der Waals surface area contributed by atoms with Gasteiger partial charge in [-0.1, -0.05) is 47.7 Å². The van der Waals surface area contributed by atoms with E-state index in [0.717, 1.165) is 21.2 Å². The number of anilines is 1. The first kappa shape index (κ1) is 19.6. The molecule has 0 bridgehead atoms. The molecule has 1 amide bonds. The number of aromatic nitrogens is 5. The largest absolute Gasteiger partial charge is 0.378 e. The number of carbonyl (C=O) groups is 1. The van der Waals surface area contributed by atoms with E-state index in [1.807, 2.05) is 66.9 Å². The summed E-state index contributed by atoms with van der Waals surface area (Å²) in [6.07, 6.45) is 0. The number of thiophene rings is 1. The Kier molecular flexibility index (Phi) is 4.92. The number of carbonyl (C=O) groups excluding carboxylic acids is 1. The number of rotatable bonds is 5. The second-order valence-electron chi connectivity index (χ2n) is 6.85. The summed E-state index contributed by atoms with van der Waals surface area (Å²) >= 11 is 1.42. The van der Waals surface area contributed by atoms with Crippen LogP contribution in [0, 0.1) is 0 Å². The number of hydrogen-bond donors (Lipinski definition) is 2. The molecular weight excluding hydrogens is 428 g/mol. The van der Waals surface area contributed by atoms with E-state index in [4.69, 9.17) is 5.73 Å². The van der Waals surface area contributed by atoms with Crippen LogP contribution in [0.1, 0.15) is 23.0 Å². The van der Waals surface area contributed by atoms with Crippen LogP contribution < -0.4 is 11.2 Å². The van der Waals surface area contributed by atoms with Crippen LogP contribution in [0.3, 0.4) is 0 Å². The lowest BCUT2D eigenvalue weighted by Gasteiger charge is -2.05. The highest BCUT2D eigenvalue weighted by atomic mass is 32.1. The van der Waals surface area contributed by atoms with Crippen molar-refractivity contribution < 1.29 is 9.42 Å². The van der Waals surface area contributed by atoms with Gasteiger partial charge in [-0.25, -0.2) is 10.1 Å². The highest BCUT2D eigenvalue weighted by Crippen LogP contribution is 2.29. The summed E-state index contributed by atoms with van der Waals surface area (Å²) in [5.41, 5.74) is 10.4. The molecule has 0 saturated carbocycles. The molecule has 0 saturated heterocycles. The Labute approximate surface area is 185 Å². The first-order valence-electron chi connectivity index (χ1n) is 9.53. The lowest BCUT2D eigenvalue weighted by Crippen LogP contribution is -2.20. The first-order chi connectivity index (χ1) is 15.6. The normalized spacial score (nSPS) is 11.7. The predicted octanol–water partition coefficient (Wildman–Crippen LogP) is 3.27. The predicted molar refractivity (Wildman–Crippen MR) is 121 cm³/mol. The highest BCUT2D eigenvalue weighted by Gasteiger charge is 2.25. The fraction of sp³-hybridized carbons (Fsp3) is 0.0476. The van der Waals surface area contributed by atoms with Crippen LogP contribution in [-0.2, 0) is 0 Å². The Hall–Kier alpha value is -4.38. The number of amides is 1. The maximum Gasteiger partial charge on any atom is 0.294 e. The summed E-state index contributed by atoms with van der Waals surface area (Å²) in [6.45, 7) is 1.82. The molecule has 5 rings (SSSR count). The Morgan fingerprint density at radius 1 is 1.12 bits per heavy atom. The van der Waals surface area contributed by atoms with Crippen molar-refractivity contribution in [2.75, 3.05) is 5.73 Å². The zero-order valence-electron chi connectivity index (χ0n) is 16.8. The molecule has 0 aliphatic rings. The molecule has 0 aliphatic carbocycles. The van der Waals surface area contributed by atoms with Gasteiger partial charge in [0.1, 0.15) is 5.69 Å². The lowest BCUT2D eigenvalue weighted by atomic mass is 10.0. The minimum Gasteiger partial charge on any atom is -0.378 e. The number of nitrogen functional groups attached to an aromatic ring is 1. The molecule has 3 N–H and O–H groups in total. The maximum absolute atomic E-state index is 13.0. The number of nitrogens with two attached hydrogens (primary N) is 1. The minimum atomic E-state index is -0.519. The maximum atomic E-state index is 13.0. The van der Waals surface area contributed by atoms with Crippen LogP contribution in [0.5, 0.6) is 0 Å². The van der Waals surface area contributed by atoms with Crippen LogP contribution in [0.2, 0.25) is 0 Å². The molecule has 0 fully saturated rings. The third-order valence-corrected chi connectivity index (χ3v) is 5.71. The van der Waals surface area contributed by atoms with Crippen LogP contribution in [0.4, 0.5) is 5.82 Å². The Morgan fingerprint density at radius 2 is 1.97 bits per heavy atom. The Morgan fingerprint density at radius 3 is 2.72 bits per heavy atom. The zero-order chi connectivity index (χ0) is 22.1. The standard InChI is InChI=1S/C21H16N8O2S/c1-12(14-9-8-13-5-2-3-6-15(13)11-14)23-25-21(30)17-18(16-7-4-10-32-16)29(28-24-17)20-19(22)26-31-27-20/h2-11H,1H3,(H2,22,26)(H,25,30)/b23-12-. The fourth-order valence-corrected chi connectivity index (χ4v) is 3.98. The average molecular weight is 444 g/mol. The van der Waals surface area contributed by atoms with E-state index in [-0.39, 0.29) is 17.3 Å². The topological polar surface area (TPSA) is 137 Å². The molecule has 32 heavy (non-hydrogen) atoms. The van der Waals surface area contributed by atoms with Gasteiger partial charge in [-0.3, -0.25) is 4.79 Å².